The van der Waals surface area contributed by atoms with Crippen LogP contribution in [0.25, 0.3) is 0 Å². The summed E-state index contributed by atoms with van der Waals surface area (Å²) in [6.07, 6.45) is 0.0244. The lowest BCUT2D eigenvalue weighted by molar-refractivity contribution is -0.122. The van der Waals surface area contributed by atoms with Crippen molar-refractivity contribution in [3.05, 3.63) is 65.5 Å². The van der Waals surface area contributed by atoms with Gasteiger partial charge in [0.15, 0.2) is 5.78 Å². The van der Waals surface area contributed by atoms with Gasteiger partial charge in [0, 0.05) is 24.7 Å². The van der Waals surface area contributed by atoms with Gasteiger partial charge in [-0.25, -0.2) is 4.39 Å². The standard InChI is InChI=1S/C18H16FNO2/c1-18(11-16(21)12-6-4-3-5-7-12)14-10-13(19)8-9-15(14)20(2)17(18)22/h3-10H,11H2,1-2H3. The molecule has 4 heteroatoms. The number of benzene rings is 2. The molecule has 2 aromatic carbocycles. The second kappa shape index (κ2) is 5.05. The Hall–Kier alpha value is -2.49. The van der Waals surface area contributed by atoms with Gasteiger partial charge in [0.1, 0.15) is 5.82 Å². The molecule has 3 rings (SSSR count). The minimum absolute atomic E-state index is 0.0244. The van der Waals surface area contributed by atoms with Crippen LogP contribution in [0.5, 0.6) is 0 Å². The fraction of sp³-hybridized carbons (Fsp3) is 0.222. The zero-order valence-electron chi connectivity index (χ0n) is 12.5. The first-order chi connectivity index (χ1) is 10.4. The molecular weight excluding hydrogens is 281 g/mol. The maximum absolute atomic E-state index is 13.6. The smallest absolute Gasteiger partial charge is 0.237 e. The molecule has 1 aliphatic heterocycles. The minimum Gasteiger partial charge on any atom is -0.314 e. The molecule has 0 saturated carbocycles. The van der Waals surface area contributed by atoms with Crippen LogP contribution in [-0.2, 0) is 10.2 Å². The van der Waals surface area contributed by atoms with E-state index in [4.69, 9.17) is 0 Å². The van der Waals surface area contributed by atoms with E-state index in [1.165, 1.54) is 17.0 Å². The number of anilines is 1. The number of amides is 1. The Morgan fingerprint density at radius 2 is 1.86 bits per heavy atom. The molecule has 112 valence electrons. The Morgan fingerprint density at radius 3 is 2.55 bits per heavy atom. The van der Waals surface area contributed by atoms with E-state index in [2.05, 4.69) is 0 Å². The number of nitrogens with zero attached hydrogens (tertiary/aromatic N) is 1. The van der Waals surface area contributed by atoms with Crippen LogP contribution >= 0.6 is 0 Å². The van der Waals surface area contributed by atoms with E-state index in [-0.39, 0.29) is 18.1 Å². The van der Waals surface area contributed by atoms with E-state index in [9.17, 15) is 14.0 Å². The van der Waals surface area contributed by atoms with Gasteiger partial charge in [-0.05, 0) is 30.7 Å². The quantitative estimate of drug-likeness (QED) is 0.815. The summed E-state index contributed by atoms with van der Waals surface area (Å²) < 4.78 is 13.6. The predicted molar refractivity (Wildman–Crippen MR) is 82.6 cm³/mol. The number of halogens is 1. The first-order valence-electron chi connectivity index (χ1n) is 7.10. The first-order valence-corrected chi connectivity index (χ1v) is 7.10. The number of rotatable bonds is 3. The molecule has 1 heterocycles. The normalized spacial score (nSPS) is 20.1. The third-order valence-corrected chi connectivity index (χ3v) is 4.30. The molecule has 1 aliphatic rings. The molecule has 1 atom stereocenters. The lowest BCUT2D eigenvalue weighted by atomic mass is 9.78. The number of Topliss-reactive ketones (excluding diaryl/α,β-unsaturated/α-hetero) is 1. The largest absolute Gasteiger partial charge is 0.314 e. The van der Waals surface area contributed by atoms with E-state index in [0.717, 1.165) is 0 Å². The highest BCUT2D eigenvalue weighted by atomic mass is 19.1. The molecule has 0 spiro atoms. The van der Waals surface area contributed by atoms with Gasteiger partial charge >= 0.3 is 0 Å². The summed E-state index contributed by atoms with van der Waals surface area (Å²) in [7, 11) is 1.65. The molecule has 1 unspecified atom stereocenters. The van der Waals surface area contributed by atoms with Crippen LogP contribution in [0.3, 0.4) is 0 Å². The van der Waals surface area contributed by atoms with Gasteiger partial charge in [0.25, 0.3) is 0 Å². The second-order valence-corrected chi connectivity index (χ2v) is 5.82. The Morgan fingerprint density at radius 1 is 1.18 bits per heavy atom. The summed E-state index contributed by atoms with van der Waals surface area (Å²) in [5.41, 5.74) is 0.766. The number of hydrogen-bond acceptors (Lipinski definition) is 2. The number of carbonyl (C=O) groups excluding carboxylic acids is 2. The Bertz CT molecular complexity index is 757. The molecule has 22 heavy (non-hydrogen) atoms. The summed E-state index contributed by atoms with van der Waals surface area (Å²) in [4.78, 5) is 26.6. The van der Waals surface area contributed by atoms with Gasteiger partial charge in [0.2, 0.25) is 5.91 Å². The first kappa shape index (κ1) is 14.4. The fourth-order valence-electron chi connectivity index (χ4n) is 3.06. The SMILES string of the molecule is CN1C(=O)C(C)(CC(=O)c2ccccc2)c2cc(F)ccc21. The van der Waals surface area contributed by atoms with Crippen LogP contribution in [0.4, 0.5) is 10.1 Å². The maximum atomic E-state index is 13.6. The molecule has 0 saturated heterocycles. The van der Waals surface area contributed by atoms with Gasteiger partial charge in [0.05, 0.1) is 5.41 Å². The van der Waals surface area contributed by atoms with Gasteiger partial charge in [-0.15, -0.1) is 0 Å². The highest BCUT2D eigenvalue weighted by Crippen LogP contribution is 2.43. The van der Waals surface area contributed by atoms with E-state index in [0.29, 0.717) is 16.8 Å². The van der Waals surface area contributed by atoms with E-state index in [1.54, 1.807) is 44.3 Å². The van der Waals surface area contributed by atoms with Crippen LogP contribution in [0.2, 0.25) is 0 Å². The molecule has 3 nitrogen and oxygen atoms in total. The lowest BCUT2D eigenvalue weighted by Gasteiger charge is -2.22. The van der Waals surface area contributed by atoms with E-state index < -0.39 is 11.2 Å². The molecule has 1 amide bonds. The number of ketones is 1. The van der Waals surface area contributed by atoms with Gasteiger partial charge in [-0.2, -0.15) is 0 Å². The Labute approximate surface area is 128 Å². The second-order valence-electron chi connectivity index (χ2n) is 5.82. The van der Waals surface area contributed by atoms with Crippen LogP contribution in [-0.4, -0.2) is 18.7 Å². The molecule has 0 aromatic heterocycles. The average molecular weight is 297 g/mol. The van der Waals surface area contributed by atoms with Crippen LogP contribution in [0.1, 0.15) is 29.3 Å². The van der Waals surface area contributed by atoms with Crippen LogP contribution in [0, 0.1) is 5.82 Å². The summed E-state index contributed by atoms with van der Waals surface area (Å²) in [5.74, 6) is -0.709. The minimum atomic E-state index is -1.03. The van der Waals surface area contributed by atoms with Crippen molar-refractivity contribution in [1.82, 2.24) is 0 Å². The molecular formula is C18H16FNO2. The lowest BCUT2D eigenvalue weighted by Crippen LogP contribution is -2.37. The van der Waals surface area contributed by atoms with Crippen molar-refractivity contribution >= 4 is 17.4 Å². The highest BCUT2D eigenvalue weighted by Gasteiger charge is 2.47. The average Bonchev–Trinajstić information content (AvgIpc) is 2.70. The molecule has 0 aliphatic carbocycles. The van der Waals surface area contributed by atoms with Crippen LogP contribution < -0.4 is 4.90 Å². The molecule has 0 N–H and O–H groups in total. The Kier molecular flexibility index (Phi) is 3.32. The third kappa shape index (κ3) is 2.11. The Balaban J connectivity index is 2.01. The van der Waals surface area contributed by atoms with Crippen molar-refractivity contribution < 1.29 is 14.0 Å². The number of likely N-dealkylation sites (N-methyl/N-ethyl adjacent to an activating group) is 1. The maximum Gasteiger partial charge on any atom is 0.237 e. The summed E-state index contributed by atoms with van der Waals surface area (Å²) in [6.45, 7) is 1.71. The summed E-state index contributed by atoms with van der Waals surface area (Å²) >= 11 is 0. The zero-order chi connectivity index (χ0) is 15.9. The number of carbonyl (C=O) groups is 2. The van der Waals surface area contributed by atoms with E-state index in [1.807, 2.05) is 6.07 Å². The highest BCUT2D eigenvalue weighted by molar-refractivity contribution is 6.11. The molecule has 0 fully saturated rings. The number of fused-ring (bicyclic) bond motifs is 1. The van der Waals surface area contributed by atoms with Gasteiger partial charge in [-0.1, -0.05) is 30.3 Å². The van der Waals surface area contributed by atoms with Gasteiger partial charge < -0.3 is 4.90 Å². The van der Waals surface area contributed by atoms with Gasteiger partial charge in [-0.3, -0.25) is 9.59 Å². The van der Waals surface area contributed by atoms with Crippen LogP contribution in [0.15, 0.2) is 48.5 Å². The van der Waals surface area contributed by atoms with Crippen molar-refractivity contribution in [3.63, 3.8) is 0 Å². The van der Waals surface area contributed by atoms with Crippen molar-refractivity contribution in [2.45, 2.75) is 18.8 Å². The van der Waals surface area contributed by atoms with Crippen molar-refractivity contribution in [1.29, 1.82) is 0 Å². The summed E-state index contributed by atoms with van der Waals surface area (Å²) in [5, 5.41) is 0. The zero-order valence-corrected chi connectivity index (χ0v) is 12.5. The van der Waals surface area contributed by atoms with Crippen molar-refractivity contribution in [2.24, 2.45) is 0 Å². The third-order valence-electron chi connectivity index (χ3n) is 4.30. The predicted octanol–water partition coefficient (Wildman–Crippen LogP) is 3.33. The molecule has 2 aromatic rings. The summed E-state index contributed by atoms with van der Waals surface area (Å²) in [6, 6.07) is 13.1. The monoisotopic (exact) mass is 297 g/mol. The van der Waals surface area contributed by atoms with E-state index >= 15 is 0 Å². The number of hydrogen-bond donors (Lipinski definition) is 0. The molecule has 0 bridgehead atoms. The molecule has 0 radical (unpaired) electrons. The van der Waals surface area contributed by atoms with Crippen molar-refractivity contribution in [3.8, 4) is 0 Å². The topological polar surface area (TPSA) is 37.4 Å². The fourth-order valence-corrected chi connectivity index (χ4v) is 3.06. The van der Waals surface area contributed by atoms with Crippen molar-refractivity contribution in [2.75, 3.05) is 11.9 Å².